The number of benzene rings is 1. The molecule has 0 radical (unpaired) electrons. The van der Waals surface area contributed by atoms with Gasteiger partial charge in [-0.3, -0.25) is 4.79 Å². The first-order valence-electron chi connectivity index (χ1n) is 3.95. The lowest BCUT2D eigenvalue weighted by molar-refractivity contribution is -0.115. The number of thiol groups is 1. The number of anilines is 1. The van der Waals surface area contributed by atoms with E-state index in [0.29, 0.717) is 6.42 Å². The highest BCUT2D eigenvalue weighted by molar-refractivity contribution is 7.80. The number of rotatable bonds is 0. The molecule has 70 valence electrons. The SMILES string of the molecule is CN.O=C1Cc2cc(S)ccc2N1. The van der Waals surface area contributed by atoms with E-state index < -0.39 is 0 Å². The Morgan fingerprint density at radius 3 is 2.85 bits per heavy atom. The standard InChI is InChI=1S/C8H7NOS.CH5N/c10-8-4-5-3-6(11)1-2-7(5)9-8;1-2/h1-3,11H,4H2,(H,9,10);2H2,1H3. The van der Waals surface area contributed by atoms with Crippen LogP contribution >= 0.6 is 12.6 Å². The fraction of sp³-hybridized carbons (Fsp3) is 0.222. The van der Waals surface area contributed by atoms with Crippen LogP contribution in [0.25, 0.3) is 0 Å². The van der Waals surface area contributed by atoms with Gasteiger partial charge >= 0.3 is 0 Å². The molecule has 1 aliphatic heterocycles. The molecule has 4 heteroatoms. The van der Waals surface area contributed by atoms with Crippen molar-refractivity contribution in [3.05, 3.63) is 23.8 Å². The van der Waals surface area contributed by atoms with Gasteiger partial charge in [-0.25, -0.2) is 0 Å². The van der Waals surface area contributed by atoms with Gasteiger partial charge in [-0.2, -0.15) is 0 Å². The molecule has 0 atom stereocenters. The summed E-state index contributed by atoms with van der Waals surface area (Å²) in [6.45, 7) is 0. The molecule has 1 aromatic rings. The van der Waals surface area contributed by atoms with Gasteiger partial charge in [0.1, 0.15) is 0 Å². The number of amides is 1. The molecule has 0 aliphatic carbocycles. The summed E-state index contributed by atoms with van der Waals surface area (Å²) in [6.07, 6.45) is 0.490. The molecule has 1 heterocycles. The molecule has 2 rings (SSSR count). The van der Waals surface area contributed by atoms with Gasteiger partial charge in [-0.1, -0.05) is 0 Å². The summed E-state index contributed by atoms with van der Waals surface area (Å²) < 4.78 is 0. The molecule has 0 unspecified atom stereocenters. The maximum absolute atomic E-state index is 10.9. The molecule has 0 fully saturated rings. The summed E-state index contributed by atoms with van der Waals surface area (Å²) in [6, 6.07) is 5.66. The zero-order valence-electron chi connectivity index (χ0n) is 7.37. The van der Waals surface area contributed by atoms with Crippen LogP contribution in [0.3, 0.4) is 0 Å². The third-order valence-corrected chi connectivity index (χ3v) is 1.99. The van der Waals surface area contributed by atoms with E-state index in [9.17, 15) is 4.79 Å². The van der Waals surface area contributed by atoms with Crippen LogP contribution in [0.15, 0.2) is 23.1 Å². The predicted molar refractivity (Wildman–Crippen MR) is 56.1 cm³/mol. The zero-order chi connectivity index (χ0) is 9.84. The van der Waals surface area contributed by atoms with Crippen molar-refractivity contribution in [3.63, 3.8) is 0 Å². The number of carbonyl (C=O) groups is 1. The summed E-state index contributed by atoms with van der Waals surface area (Å²) >= 11 is 4.17. The average molecular weight is 196 g/mol. The van der Waals surface area contributed by atoms with Crippen molar-refractivity contribution >= 4 is 24.2 Å². The first-order chi connectivity index (χ1) is 6.25. The Hall–Kier alpha value is -1.00. The minimum atomic E-state index is 0.0685. The van der Waals surface area contributed by atoms with Crippen LogP contribution in [-0.2, 0) is 11.2 Å². The number of hydrogen-bond donors (Lipinski definition) is 3. The summed E-state index contributed by atoms with van der Waals surface area (Å²) in [4.78, 5) is 11.8. The molecule has 3 N–H and O–H groups in total. The predicted octanol–water partition coefficient (Wildman–Crippen LogP) is 1.04. The van der Waals surface area contributed by atoms with Crippen molar-refractivity contribution in [3.8, 4) is 0 Å². The number of hydrogen-bond acceptors (Lipinski definition) is 3. The van der Waals surface area contributed by atoms with Gasteiger partial charge < -0.3 is 11.1 Å². The monoisotopic (exact) mass is 196 g/mol. The van der Waals surface area contributed by atoms with Crippen LogP contribution in [0, 0.1) is 0 Å². The first-order valence-corrected chi connectivity index (χ1v) is 4.40. The third kappa shape index (κ3) is 2.23. The molecule has 0 saturated carbocycles. The highest BCUT2D eigenvalue weighted by Crippen LogP contribution is 2.24. The molecule has 1 aromatic carbocycles. The second-order valence-electron chi connectivity index (χ2n) is 2.57. The average Bonchev–Trinajstić information content (AvgIpc) is 2.48. The molecule has 1 amide bonds. The zero-order valence-corrected chi connectivity index (χ0v) is 8.27. The Bertz CT molecular complexity index is 325. The van der Waals surface area contributed by atoms with Crippen molar-refractivity contribution in [2.24, 2.45) is 5.73 Å². The summed E-state index contributed by atoms with van der Waals surface area (Å²) in [5, 5.41) is 2.75. The van der Waals surface area contributed by atoms with Crippen LogP contribution in [0.5, 0.6) is 0 Å². The maximum Gasteiger partial charge on any atom is 0.228 e. The van der Waals surface area contributed by atoms with Gasteiger partial charge in [-0.05, 0) is 30.8 Å². The van der Waals surface area contributed by atoms with Crippen LogP contribution in [0.4, 0.5) is 5.69 Å². The Morgan fingerprint density at radius 1 is 1.46 bits per heavy atom. The highest BCUT2D eigenvalue weighted by atomic mass is 32.1. The van der Waals surface area contributed by atoms with Crippen molar-refractivity contribution in [1.29, 1.82) is 0 Å². The minimum absolute atomic E-state index is 0.0685. The Morgan fingerprint density at radius 2 is 2.15 bits per heavy atom. The van der Waals surface area contributed by atoms with Crippen LogP contribution in [-0.4, -0.2) is 13.0 Å². The van der Waals surface area contributed by atoms with E-state index in [1.807, 2.05) is 18.2 Å². The molecule has 0 aromatic heterocycles. The lowest BCUT2D eigenvalue weighted by atomic mass is 10.2. The number of nitrogens with one attached hydrogen (secondary N) is 1. The van der Waals surface area contributed by atoms with Crippen LogP contribution in [0.2, 0.25) is 0 Å². The van der Waals surface area contributed by atoms with E-state index in [2.05, 4.69) is 23.7 Å². The topological polar surface area (TPSA) is 55.1 Å². The first kappa shape index (κ1) is 10.1. The van der Waals surface area contributed by atoms with E-state index in [1.54, 1.807) is 0 Å². The van der Waals surface area contributed by atoms with Gasteiger partial charge in [0.15, 0.2) is 0 Å². The minimum Gasteiger partial charge on any atom is -0.333 e. The van der Waals surface area contributed by atoms with Gasteiger partial charge in [-0.15, -0.1) is 12.6 Å². The van der Waals surface area contributed by atoms with Gasteiger partial charge in [0.25, 0.3) is 0 Å². The Kier molecular flexibility index (Phi) is 3.33. The normalized spacial score (nSPS) is 12.7. The summed E-state index contributed by atoms with van der Waals surface area (Å²) in [5.74, 6) is 0.0685. The van der Waals surface area contributed by atoms with Gasteiger partial charge in [0, 0.05) is 10.6 Å². The van der Waals surface area contributed by atoms with E-state index in [1.165, 1.54) is 7.05 Å². The fourth-order valence-electron chi connectivity index (χ4n) is 1.22. The van der Waals surface area contributed by atoms with Gasteiger partial charge in [0.05, 0.1) is 6.42 Å². The highest BCUT2D eigenvalue weighted by Gasteiger charge is 2.16. The smallest absolute Gasteiger partial charge is 0.228 e. The molecular weight excluding hydrogens is 184 g/mol. The van der Waals surface area contributed by atoms with Crippen molar-refractivity contribution in [2.75, 3.05) is 12.4 Å². The second-order valence-corrected chi connectivity index (χ2v) is 3.08. The van der Waals surface area contributed by atoms with E-state index in [0.717, 1.165) is 16.1 Å². The number of fused-ring (bicyclic) bond motifs is 1. The number of carbonyl (C=O) groups excluding carboxylic acids is 1. The van der Waals surface area contributed by atoms with Crippen molar-refractivity contribution in [1.82, 2.24) is 0 Å². The molecular formula is C9H12N2OS. The van der Waals surface area contributed by atoms with E-state index in [4.69, 9.17) is 0 Å². The molecule has 13 heavy (non-hydrogen) atoms. The lowest BCUT2D eigenvalue weighted by Gasteiger charge is -1.96. The molecule has 0 spiro atoms. The van der Waals surface area contributed by atoms with Gasteiger partial charge in [0.2, 0.25) is 5.91 Å². The molecule has 0 bridgehead atoms. The molecule has 3 nitrogen and oxygen atoms in total. The maximum atomic E-state index is 10.9. The molecule has 0 saturated heterocycles. The largest absolute Gasteiger partial charge is 0.333 e. The van der Waals surface area contributed by atoms with Crippen LogP contribution in [0.1, 0.15) is 5.56 Å². The Labute approximate surface area is 82.7 Å². The van der Waals surface area contributed by atoms with Crippen LogP contribution < -0.4 is 11.1 Å². The second kappa shape index (κ2) is 4.30. The van der Waals surface area contributed by atoms with E-state index >= 15 is 0 Å². The molecule has 1 aliphatic rings. The number of nitrogens with two attached hydrogens (primary N) is 1. The van der Waals surface area contributed by atoms with Crippen molar-refractivity contribution in [2.45, 2.75) is 11.3 Å². The third-order valence-electron chi connectivity index (χ3n) is 1.71. The fourth-order valence-corrected chi connectivity index (χ4v) is 1.45. The summed E-state index contributed by atoms with van der Waals surface area (Å²) in [7, 11) is 1.50. The van der Waals surface area contributed by atoms with E-state index in [-0.39, 0.29) is 5.91 Å². The lowest BCUT2D eigenvalue weighted by Crippen LogP contribution is -2.03. The Balaban J connectivity index is 0.000000396. The summed E-state index contributed by atoms with van der Waals surface area (Å²) in [5.41, 5.74) is 6.47. The van der Waals surface area contributed by atoms with Crippen molar-refractivity contribution < 1.29 is 4.79 Å². The quantitative estimate of drug-likeness (QED) is 0.543.